The molecule has 0 bridgehead atoms. The molecule has 2 fully saturated rings. The summed E-state index contributed by atoms with van der Waals surface area (Å²) in [6.45, 7) is 9.67. The van der Waals surface area contributed by atoms with Gasteiger partial charge >= 0.3 is 6.09 Å². The highest BCUT2D eigenvalue weighted by Crippen LogP contribution is 2.60. The van der Waals surface area contributed by atoms with Crippen molar-refractivity contribution < 1.29 is 9.53 Å². The summed E-state index contributed by atoms with van der Waals surface area (Å²) < 4.78 is 5.53. The number of nitrogens with one attached hydrogen (secondary N) is 1. The zero-order chi connectivity index (χ0) is 19.5. The summed E-state index contributed by atoms with van der Waals surface area (Å²) in [5.41, 5.74) is 2.66. The Labute approximate surface area is 166 Å². The number of rotatable bonds is 2. The number of ether oxygens (including phenoxy) is 1. The highest BCUT2D eigenvalue weighted by molar-refractivity contribution is 5.82. The largest absolute Gasteiger partial charge is 0.444 e. The van der Waals surface area contributed by atoms with Crippen molar-refractivity contribution in [2.24, 2.45) is 16.8 Å². The van der Waals surface area contributed by atoms with Crippen molar-refractivity contribution in [3.63, 3.8) is 0 Å². The molecule has 6 heteroatoms. The van der Waals surface area contributed by atoms with E-state index in [2.05, 4.69) is 34.5 Å². The third-order valence-corrected chi connectivity index (χ3v) is 6.56. The Balaban J connectivity index is 1.13. The molecule has 2 heterocycles. The fourth-order valence-electron chi connectivity index (χ4n) is 5.19. The normalized spacial score (nSPS) is 30.3. The van der Waals surface area contributed by atoms with Gasteiger partial charge in [-0.05, 0) is 56.1 Å². The number of fused-ring (bicyclic) bond motifs is 4. The van der Waals surface area contributed by atoms with Crippen LogP contribution in [0.3, 0.4) is 0 Å². The molecule has 5 rings (SSSR count). The molecule has 0 aromatic heterocycles. The van der Waals surface area contributed by atoms with E-state index in [0.717, 1.165) is 43.3 Å². The second kappa shape index (κ2) is 6.39. The van der Waals surface area contributed by atoms with Crippen molar-refractivity contribution in [3.05, 3.63) is 35.4 Å². The molecule has 150 valence electrons. The Morgan fingerprint density at radius 1 is 1.29 bits per heavy atom. The smallest absolute Gasteiger partial charge is 0.410 e. The Hall–Kier alpha value is -2.24. The molecule has 6 nitrogen and oxygen atoms in total. The highest BCUT2D eigenvalue weighted by Gasteiger charge is 2.55. The summed E-state index contributed by atoms with van der Waals surface area (Å²) in [6, 6.07) is 9.17. The van der Waals surface area contributed by atoms with Crippen molar-refractivity contribution in [2.45, 2.75) is 44.8 Å². The van der Waals surface area contributed by atoms with Crippen LogP contribution in [-0.4, -0.2) is 66.2 Å². The fourth-order valence-corrected chi connectivity index (χ4v) is 5.19. The van der Waals surface area contributed by atoms with Crippen LogP contribution in [0.5, 0.6) is 0 Å². The minimum atomic E-state index is -0.450. The molecule has 1 saturated heterocycles. The standard InChI is InChI=1S/C22H30N4O2/c1-22(2,3)28-21(27)25-8-9-26-15(13-25)11-23-20(26)24-12-18-17-10-14-6-4-5-7-16(14)19(17)18/h4-7,15,17-19H,8-13H2,1-3H3,(H,23,24). The molecule has 4 aliphatic rings. The van der Waals surface area contributed by atoms with Gasteiger partial charge in [-0.15, -0.1) is 0 Å². The third-order valence-electron chi connectivity index (χ3n) is 6.56. The summed E-state index contributed by atoms with van der Waals surface area (Å²) >= 11 is 0. The van der Waals surface area contributed by atoms with E-state index in [4.69, 9.17) is 9.73 Å². The molecule has 2 aliphatic carbocycles. The lowest BCUT2D eigenvalue weighted by atomic mass is 10.0. The second-order valence-corrected chi connectivity index (χ2v) is 9.58. The van der Waals surface area contributed by atoms with Gasteiger partial charge < -0.3 is 19.9 Å². The molecule has 0 radical (unpaired) electrons. The molecule has 28 heavy (non-hydrogen) atoms. The molecule has 1 aromatic rings. The van der Waals surface area contributed by atoms with Crippen LogP contribution in [0, 0.1) is 11.8 Å². The maximum atomic E-state index is 12.4. The van der Waals surface area contributed by atoms with Crippen molar-refractivity contribution in [2.75, 3.05) is 32.7 Å². The monoisotopic (exact) mass is 382 g/mol. The summed E-state index contributed by atoms with van der Waals surface area (Å²) in [6.07, 6.45) is 1.02. The molecule has 1 aromatic carbocycles. The lowest BCUT2D eigenvalue weighted by molar-refractivity contribution is 0.0137. The van der Waals surface area contributed by atoms with Gasteiger partial charge in [0.25, 0.3) is 0 Å². The van der Waals surface area contributed by atoms with E-state index < -0.39 is 5.60 Å². The van der Waals surface area contributed by atoms with E-state index >= 15 is 0 Å². The Kier molecular flexibility index (Phi) is 4.07. The maximum absolute atomic E-state index is 12.4. The van der Waals surface area contributed by atoms with Crippen molar-refractivity contribution in [3.8, 4) is 0 Å². The number of hydrogen-bond acceptors (Lipinski definition) is 5. The summed E-state index contributed by atoms with van der Waals surface area (Å²) in [5, 5.41) is 3.63. The zero-order valence-corrected chi connectivity index (χ0v) is 17.0. The molecule has 4 atom stereocenters. The lowest BCUT2D eigenvalue weighted by Gasteiger charge is -2.39. The average molecular weight is 383 g/mol. The summed E-state index contributed by atoms with van der Waals surface area (Å²) in [4.78, 5) is 21.3. The topological polar surface area (TPSA) is 57.2 Å². The quantitative estimate of drug-likeness (QED) is 0.854. The van der Waals surface area contributed by atoms with E-state index in [1.54, 1.807) is 11.1 Å². The van der Waals surface area contributed by atoms with Crippen LogP contribution >= 0.6 is 0 Å². The Morgan fingerprint density at radius 2 is 2.11 bits per heavy atom. The van der Waals surface area contributed by atoms with Crippen LogP contribution in [0.15, 0.2) is 29.3 Å². The fraction of sp³-hybridized carbons (Fsp3) is 0.636. The number of guanidine groups is 1. The van der Waals surface area contributed by atoms with Gasteiger partial charge in [0, 0.05) is 26.2 Å². The lowest BCUT2D eigenvalue weighted by Crippen LogP contribution is -2.57. The van der Waals surface area contributed by atoms with Gasteiger partial charge in [-0.25, -0.2) is 4.79 Å². The van der Waals surface area contributed by atoms with Crippen molar-refractivity contribution in [1.29, 1.82) is 0 Å². The number of carbonyl (C=O) groups excluding carboxylic acids is 1. The Morgan fingerprint density at radius 3 is 2.93 bits per heavy atom. The van der Waals surface area contributed by atoms with Crippen LogP contribution in [0.1, 0.15) is 37.8 Å². The molecule has 4 unspecified atom stereocenters. The first kappa shape index (κ1) is 17.8. The number of benzene rings is 1. The van der Waals surface area contributed by atoms with Crippen LogP contribution in [0.2, 0.25) is 0 Å². The first-order valence-corrected chi connectivity index (χ1v) is 10.5. The summed E-state index contributed by atoms with van der Waals surface area (Å²) in [7, 11) is 0. The van der Waals surface area contributed by atoms with Gasteiger partial charge in [0.05, 0.1) is 12.6 Å². The molecular formula is C22H30N4O2. The SMILES string of the molecule is CC(C)(C)OC(=O)N1CCN2C(NCC3C4Cc5ccccc5C34)=NCC2C1. The molecule has 2 aliphatic heterocycles. The van der Waals surface area contributed by atoms with Crippen molar-refractivity contribution >= 4 is 12.1 Å². The zero-order valence-electron chi connectivity index (χ0n) is 17.0. The summed E-state index contributed by atoms with van der Waals surface area (Å²) in [5.74, 6) is 3.31. The van der Waals surface area contributed by atoms with E-state index in [-0.39, 0.29) is 12.1 Å². The van der Waals surface area contributed by atoms with Gasteiger partial charge in [0.2, 0.25) is 0 Å². The molecule has 1 saturated carbocycles. The van der Waals surface area contributed by atoms with Gasteiger partial charge in [-0.2, -0.15) is 0 Å². The molecule has 1 N–H and O–H groups in total. The minimum Gasteiger partial charge on any atom is -0.444 e. The van der Waals surface area contributed by atoms with Gasteiger partial charge in [-0.3, -0.25) is 4.99 Å². The second-order valence-electron chi connectivity index (χ2n) is 9.58. The third kappa shape index (κ3) is 3.12. The van der Waals surface area contributed by atoms with E-state index in [9.17, 15) is 4.79 Å². The van der Waals surface area contributed by atoms with E-state index in [0.29, 0.717) is 13.1 Å². The highest BCUT2D eigenvalue weighted by atomic mass is 16.6. The van der Waals surface area contributed by atoms with E-state index in [1.807, 2.05) is 25.7 Å². The van der Waals surface area contributed by atoms with E-state index in [1.165, 1.54) is 6.42 Å². The van der Waals surface area contributed by atoms with Crippen LogP contribution in [0.25, 0.3) is 0 Å². The van der Waals surface area contributed by atoms with Gasteiger partial charge in [0.1, 0.15) is 5.60 Å². The number of carbonyl (C=O) groups is 1. The van der Waals surface area contributed by atoms with Crippen LogP contribution in [-0.2, 0) is 11.2 Å². The number of hydrogen-bond donors (Lipinski definition) is 1. The number of nitrogens with zero attached hydrogens (tertiary/aromatic N) is 3. The first-order chi connectivity index (χ1) is 13.4. The molecule has 0 spiro atoms. The van der Waals surface area contributed by atoms with Gasteiger partial charge in [-0.1, -0.05) is 24.3 Å². The maximum Gasteiger partial charge on any atom is 0.410 e. The predicted octanol–water partition coefficient (Wildman–Crippen LogP) is 2.45. The predicted molar refractivity (Wildman–Crippen MR) is 108 cm³/mol. The minimum absolute atomic E-state index is 0.210. The molecule has 1 amide bonds. The first-order valence-electron chi connectivity index (χ1n) is 10.5. The number of amides is 1. The van der Waals surface area contributed by atoms with Crippen molar-refractivity contribution in [1.82, 2.24) is 15.1 Å². The average Bonchev–Trinajstić information content (AvgIpc) is 3.00. The number of piperazine rings is 1. The van der Waals surface area contributed by atoms with Crippen LogP contribution < -0.4 is 5.32 Å². The van der Waals surface area contributed by atoms with Crippen LogP contribution in [0.4, 0.5) is 4.79 Å². The molecular weight excluding hydrogens is 352 g/mol. The Bertz CT molecular complexity index is 815. The number of aliphatic imine (C=N–C) groups is 1. The van der Waals surface area contributed by atoms with Gasteiger partial charge in [0.15, 0.2) is 5.96 Å².